The maximum Gasteiger partial charge on any atom is 0.337 e. The molecule has 0 saturated heterocycles. The van der Waals surface area contributed by atoms with Crippen molar-refractivity contribution in [2.75, 3.05) is 10.8 Å². The van der Waals surface area contributed by atoms with Crippen molar-refractivity contribution in [2.45, 2.75) is 18.2 Å². The molecular formula is C16H17NO4S. The summed E-state index contributed by atoms with van der Waals surface area (Å²) in [5.41, 5.74) is 0.149. The van der Waals surface area contributed by atoms with Crippen LogP contribution in [0.1, 0.15) is 23.7 Å². The fourth-order valence-corrected chi connectivity index (χ4v) is 3.76. The minimum absolute atomic E-state index is 0.0320. The highest BCUT2D eigenvalue weighted by atomic mass is 32.2. The van der Waals surface area contributed by atoms with E-state index in [1.165, 1.54) is 24.3 Å². The van der Waals surface area contributed by atoms with Gasteiger partial charge in [0.25, 0.3) is 10.0 Å². The van der Waals surface area contributed by atoms with Crippen LogP contribution in [0.15, 0.2) is 59.5 Å². The molecule has 0 unspecified atom stereocenters. The lowest BCUT2D eigenvalue weighted by Gasteiger charge is -2.25. The maximum atomic E-state index is 12.8. The molecule has 0 spiro atoms. The minimum Gasteiger partial charge on any atom is -0.478 e. The second-order valence-electron chi connectivity index (χ2n) is 4.71. The van der Waals surface area contributed by atoms with Gasteiger partial charge in [0.2, 0.25) is 0 Å². The van der Waals surface area contributed by atoms with Crippen LogP contribution < -0.4 is 4.31 Å². The first-order valence-electron chi connectivity index (χ1n) is 6.88. The van der Waals surface area contributed by atoms with Crippen LogP contribution in [0.5, 0.6) is 0 Å². The van der Waals surface area contributed by atoms with Gasteiger partial charge in [0.15, 0.2) is 0 Å². The van der Waals surface area contributed by atoms with Crippen molar-refractivity contribution in [3.63, 3.8) is 0 Å². The van der Waals surface area contributed by atoms with Crippen molar-refractivity contribution in [3.8, 4) is 0 Å². The lowest BCUT2D eigenvalue weighted by Crippen LogP contribution is -2.33. The Kier molecular flexibility index (Phi) is 4.82. The van der Waals surface area contributed by atoms with Crippen LogP contribution in [0.4, 0.5) is 5.69 Å². The number of para-hydroxylation sites is 1. The predicted molar refractivity (Wildman–Crippen MR) is 84.7 cm³/mol. The summed E-state index contributed by atoms with van der Waals surface area (Å²) in [5, 5.41) is 9.30. The Bertz CT molecular complexity index is 757. The summed E-state index contributed by atoms with van der Waals surface area (Å²) in [5.74, 6) is -1.15. The third-order valence-corrected chi connectivity index (χ3v) is 4.99. The Morgan fingerprint density at radius 2 is 1.64 bits per heavy atom. The summed E-state index contributed by atoms with van der Waals surface area (Å²) < 4.78 is 26.8. The van der Waals surface area contributed by atoms with Crippen molar-refractivity contribution >= 4 is 21.7 Å². The van der Waals surface area contributed by atoms with Crippen LogP contribution in [-0.2, 0) is 10.0 Å². The molecule has 0 bridgehead atoms. The molecule has 0 fully saturated rings. The molecule has 2 aromatic carbocycles. The SMILES string of the molecule is CCCN(c1ccccc1C(=O)O)S(=O)(=O)c1ccccc1. The Balaban J connectivity index is 2.59. The van der Waals surface area contributed by atoms with Crippen molar-refractivity contribution in [1.82, 2.24) is 0 Å². The second-order valence-corrected chi connectivity index (χ2v) is 6.57. The molecule has 2 aromatic rings. The van der Waals surface area contributed by atoms with Crippen LogP contribution >= 0.6 is 0 Å². The number of nitrogens with zero attached hydrogens (tertiary/aromatic N) is 1. The molecule has 0 heterocycles. The van der Waals surface area contributed by atoms with Crippen LogP contribution in [0.25, 0.3) is 0 Å². The number of carboxylic acid groups (broad SMARTS) is 1. The Labute approximate surface area is 129 Å². The summed E-state index contributed by atoms with van der Waals surface area (Å²) in [4.78, 5) is 11.5. The number of carbonyl (C=O) groups is 1. The molecule has 0 aliphatic rings. The highest BCUT2D eigenvalue weighted by Gasteiger charge is 2.27. The van der Waals surface area contributed by atoms with Crippen LogP contribution in [0.2, 0.25) is 0 Å². The first-order valence-corrected chi connectivity index (χ1v) is 8.32. The van der Waals surface area contributed by atoms with E-state index in [0.29, 0.717) is 6.42 Å². The number of hydrogen-bond donors (Lipinski definition) is 1. The zero-order chi connectivity index (χ0) is 16.2. The van der Waals surface area contributed by atoms with Crippen molar-refractivity contribution in [2.24, 2.45) is 0 Å². The fraction of sp³-hybridized carbons (Fsp3) is 0.188. The smallest absolute Gasteiger partial charge is 0.337 e. The molecule has 0 saturated carbocycles. The topological polar surface area (TPSA) is 74.7 Å². The van der Waals surface area contributed by atoms with E-state index < -0.39 is 16.0 Å². The molecule has 22 heavy (non-hydrogen) atoms. The van der Waals surface area contributed by atoms with Gasteiger partial charge in [-0.3, -0.25) is 4.31 Å². The molecule has 0 radical (unpaired) electrons. The third kappa shape index (κ3) is 3.12. The van der Waals surface area contributed by atoms with Gasteiger partial charge in [0.1, 0.15) is 0 Å². The van der Waals surface area contributed by atoms with Gasteiger partial charge in [-0.05, 0) is 30.7 Å². The summed E-state index contributed by atoms with van der Waals surface area (Å²) >= 11 is 0. The largest absolute Gasteiger partial charge is 0.478 e. The summed E-state index contributed by atoms with van der Waals surface area (Å²) in [7, 11) is -3.80. The van der Waals surface area contributed by atoms with Crippen LogP contribution in [0, 0.1) is 0 Å². The molecule has 1 N–H and O–H groups in total. The first-order chi connectivity index (χ1) is 10.5. The normalized spacial score (nSPS) is 11.1. The molecule has 2 rings (SSSR count). The zero-order valence-corrected chi connectivity index (χ0v) is 13.0. The fourth-order valence-electron chi connectivity index (χ4n) is 2.16. The molecule has 0 aliphatic heterocycles. The van der Waals surface area contributed by atoms with Gasteiger partial charge in [-0.1, -0.05) is 37.3 Å². The minimum atomic E-state index is -3.80. The van der Waals surface area contributed by atoms with E-state index in [0.717, 1.165) is 4.31 Å². The lowest BCUT2D eigenvalue weighted by molar-refractivity contribution is 0.0698. The maximum absolute atomic E-state index is 12.8. The lowest BCUT2D eigenvalue weighted by atomic mass is 10.2. The Hall–Kier alpha value is -2.34. The highest BCUT2D eigenvalue weighted by Crippen LogP contribution is 2.27. The number of sulfonamides is 1. The monoisotopic (exact) mass is 319 g/mol. The average Bonchev–Trinajstić information content (AvgIpc) is 2.53. The van der Waals surface area contributed by atoms with Gasteiger partial charge >= 0.3 is 5.97 Å². The van der Waals surface area contributed by atoms with Crippen molar-refractivity contribution in [3.05, 3.63) is 60.2 Å². The zero-order valence-electron chi connectivity index (χ0n) is 12.1. The number of aromatic carboxylic acids is 1. The van der Waals surface area contributed by atoms with E-state index in [4.69, 9.17) is 0 Å². The number of carboxylic acids is 1. The first kappa shape index (κ1) is 16.0. The summed E-state index contributed by atoms with van der Waals surface area (Å²) in [6, 6.07) is 14.1. The number of hydrogen-bond acceptors (Lipinski definition) is 3. The molecule has 6 heteroatoms. The Morgan fingerprint density at radius 3 is 2.23 bits per heavy atom. The molecule has 0 amide bonds. The van der Waals surface area contributed by atoms with Crippen molar-refractivity contribution < 1.29 is 18.3 Å². The van der Waals surface area contributed by atoms with E-state index in [-0.39, 0.29) is 22.7 Å². The van der Waals surface area contributed by atoms with Crippen molar-refractivity contribution in [1.29, 1.82) is 0 Å². The van der Waals surface area contributed by atoms with Gasteiger partial charge in [-0.15, -0.1) is 0 Å². The molecule has 0 aliphatic carbocycles. The second kappa shape index (κ2) is 6.62. The number of anilines is 1. The number of rotatable bonds is 6. The molecular weight excluding hydrogens is 302 g/mol. The van der Waals surface area contributed by atoms with Gasteiger partial charge < -0.3 is 5.11 Å². The Morgan fingerprint density at radius 1 is 1.05 bits per heavy atom. The number of benzene rings is 2. The van der Waals surface area contributed by atoms with Gasteiger partial charge in [-0.25, -0.2) is 13.2 Å². The molecule has 0 atom stereocenters. The van der Waals surface area contributed by atoms with Gasteiger partial charge in [0, 0.05) is 6.54 Å². The third-order valence-electron chi connectivity index (χ3n) is 3.16. The van der Waals surface area contributed by atoms with Gasteiger partial charge in [0.05, 0.1) is 16.1 Å². The molecule has 116 valence electrons. The average molecular weight is 319 g/mol. The standard InChI is InChI=1S/C16H17NO4S/c1-2-12-17(15-11-7-6-10-14(15)16(18)19)22(20,21)13-8-4-3-5-9-13/h3-11H,2,12H2,1H3,(H,18,19). The summed E-state index contributed by atoms with van der Waals surface area (Å²) in [6.45, 7) is 2.05. The van der Waals surface area contributed by atoms with E-state index in [9.17, 15) is 18.3 Å². The van der Waals surface area contributed by atoms with Crippen LogP contribution in [-0.4, -0.2) is 26.0 Å². The van der Waals surface area contributed by atoms with E-state index >= 15 is 0 Å². The van der Waals surface area contributed by atoms with E-state index in [1.54, 1.807) is 30.3 Å². The van der Waals surface area contributed by atoms with Gasteiger partial charge in [-0.2, -0.15) is 0 Å². The van der Waals surface area contributed by atoms with E-state index in [1.807, 2.05) is 6.92 Å². The predicted octanol–water partition coefficient (Wildman–Crippen LogP) is 2.99. The van der Waals surface area contributed by atoms with E-state index in [2.05, 4.69) is 0 Å². The molecule has 5 nitrogen and oxygen atoms in total. The molecule has 0 aromatic heterocycles. The highest BCUT2D eigenvalue weighted by molar-refractivity contribution is 7.92. The quantitative estimate of drug-likeness (QED) is 0.888. The van der Waals surface area contributed by atoms with Crippen LogP contribution in [0.3, 0.4) is 0 Å². The summed E-state index contributed by atoms with van der Waals surface area (Å²) in [6.07, 6.45) is 0.569.